The maximum Gasteiger partial charge on any atom is 0.178 e. The molecule has 1 N–H and O–H groups in total. The molecule has 1 saturated heterocycles. The van der Waals surface area contributed by atoms with E-state index in [2.05, 4.69) is 28.4 Å². The third-order valence-electron chi connectivity index (χ3n) is 4.64. The fraction of sp³-hybridized carbons (Fsp3) is 0.600. The van der Waals surface area contributed by atoms with Crippen LogP contribution in [0.25, 0.3) is 11.0 Å². The van der Waals surface area contributed by atoms with E-state index >= 15 is 0 Å². The Hall–Kier alpha value is -1.20. The number of pyridine rings is 1. The van der Waals surface area contributed by atoms with Crippen molar-refractivity contribution >= 4 is 23.3 Å². The topological polar surface area (TPSA) is 42.8 Å². The molecule has 0 saturated carbocycles. The molecule has 20 heavy (non-hydrogen) atoms. The maximum atomic E-state index is 6.07. The van der Waals surface area contributed by atoms with Crippen molar-refractivity contribution in [3.63, 3.8) is 0 Å². The van der Waals surface area contributed by atoms with Crippen molar-refractivity contribution in [3.8, 4) is 0 Å². The monoisotopic (exact) mass is 291 g/mol. The Kier molecular flexibility index (Phi) is 3.65. The summed E-state index contributed by atoms with van der Waals surface area (Å²) in [4.78, 5) is 7.42. The molecule has 1 unspecified atom stereocenters. The lowest BCUT2D eigenvalue weighted by atomic mass is 9.86. The number of rotatable bonds is 3. The first-order valence-electron chi connectivity index (χ1n) is 7.37. The van der Waals surface area contributed by atoms with Gasteiger partial charge in [-0.05, 0) is 44.0 Å². The van der Waals surface area contributed by atoms with Gasteiger partial charge >= 0.3 is 0 Å². The lowest BCUT2D eigenvalue weighted by Crippen LogP contribution is -2.39. The van der Waals surface area contributed by atoms with E-state index < -0.39 is 0 Å². The standard InChI is InChI=1S/C15H21N3OS/c1-3-15(4-2)9-11(6-8-19-15)18-13-5-7-16-10-12(13)17-14(18)20/h5,7,10-11H,3-4,6,8-9H2,1-2H3,(H,17,20). The van der Waals surface area contributed by atoms with E-state index in [-0.39, 0.29) is 5.60 Å². The minimum atomic E-state index is 0.00825. The first-order valence-corrected chi connectivity index (χ1v) is 7.78. The molecule has 1 atom stereocenters. The first-order chi connectivity index (χ1) is 9.69. The lowest BCUT2D eigenvalue weighted by molar-refractivity contribution is -0.0983. The molecular formula is C15H21N3OS. The average molecular weight is 291 g/mol. The minimum Gasteiger partial charge on any atom is -0.375 e. The highest BCUT2D eigenvalue weighted by molar-refractivity contribution is 7.71. The highest BCUT2D eigenvalue weighted by atomic mass is 32.1. The van der Waals surface area contributed by atoms with Crippen LogP contribution in [0.2, 0.25) is 0 Å². The van der Waals surface area contributed by atoms with Gasteiger partial charge in [0.15, 0.2) is 4.77 Å². The molecule has 0 aromatic carbocycles. The second kappa shape index (κ2) is 5.30. The van der Waals surface area contributed by atoms with E-state index in [0.717, 1.165) is 48.1 Å². The molecule has 2 aromatic rings. The van der Waals surface area contributed by atoms with Crippen molar-refractivity contribution < 1.29 is 4.74 Å². The van der Waals surface area contributed by atoms with Gasteiger partial charge in [-0.2, -0.15) is 0 Å². The van der Waals surface area contributed by atoms with Crippen LogP contribution in [0.5, 0.6) is 0 Å². The summed E-state index contributed by atoms with van der Waals surface area (Å²) in [5.74, 6) is 0. The number of H-pyrrole nitrogens is 1. The number of nitrogens with zero attached hydrogens (tertiary/aromatic N) is 2. The smallest absolute Gasteiger partial charge is 0.178 e. The molecule has 2 aromatic heterocycles. The summed E-state index contributed by atoms with van der Waals surface area (Å²) in [6.45, 7) is 5.24. The summed E-state index contributed by atoms with van der Waals surface area (Å²) in [5.41, 5.74) is 2.18. The van der Waals surface area contributed by atoms with Crippen LogP contribution in [-0.4, -0.2) is 26.7 Å². The Bertz CT molecular complexity index is 656. The van der Waals surface area contributed by atoms with Crippen molar-refractivity contribution in [2.45, 2.75) is 51.2 Å². The van der Waals surface area contributed by atoms with Gasteiger partial charge in [-0.25, -0.2) is 0 Å². The van der Waals surface area contributed by atoms with Crippen molar-refractivity contribution in [1.82, 2.24) is 14.5 Å². The summed E-state index contributed by atoms with van der Waals surface area (Å²) in [6.07, 6.45) is 7.82. The van der Waals surface area contributed by atoms with Gasteiger partial charge < -0.3 is 14.3 Å². The van der Waals surface area contributed by atoms with E-state index in [1.807, 2.05) is 18.5 Å². The van der Waals surface area contributed by atoms with E-state index in [1.165, 1.54) is 0 Å². The summed E-state index contributed by atoms with van der Waals surface area (Å²) in [6, 6.07) is 2.45. The Morgan fingerprint density at radius 3 is 3.05 bits per heavy atom. The Morgan fingerprint density at radius 2 is 2.30 bits per heavy atom. The second-order valence-electron chi connectivity index (χ2n) is 5.58. The molecule has 1 aliphatic heterocycles. The van der Waals surface area contributed by atoms with Crippen molar-refractivity contribution in [1.29, 1.82) is 0 Å². The average Bonchev–Trinajstić information content (AvgIpc) is 2.83. The molecular weight excluding hydrogens is 270 g/mol. The van der Waals surface area contributed by atoms with Crippen LogP contribution >= 0.6 is 12.2 Å². The van der Waals surface area contributed by atoms with Crippen LogP contribution in [0.15, 0.2) is 18.5 Å². The van der Waals surface area contributed by atoms with Crippen LogP contribution < -0.4 is 0 Å². The molecule has 3 heterocycles. The van der Waals surface area contributed by atoms with Crippen LogP contribution in [-0.2, 0) is 4.74 Å². The number of aromatic amines is 1. The predicted octanol–water partition coefficient (Wildman–Crippen LogP) is 4.00. The first kappa shape index (κ1) is 13.8. The molecule has 0 amide bonds. The zero-order chi connectivity index (χ0) is 14.2. The molecule has 0 radical (unpaired) electrons. The van der Waals surface area contributed by atoms with E-state index in [9.17, 15) is 0 Å². The van der Waals surface area contributed by atoms with E-state index in [0.29, 0.717) is 6.04 Å². The third kappa shape index (κ3) is 2.19. The molecule has 0 aliphatic carbocycles. The molecule has 0 spiro atoms. The molecule has 1 aliphatic rings. The highest BCUT2D eigenvalue weighted by Crippen LogP contribution is 2.38. The van der Waals surface area contributed by atoms with Crippen molar-refractivity contribution in [2.75, 3.05) is 6.61 Å². The van der Waals surface area contributed by atoms with Gasteiger partial charge in [0.25, 0.3) is 0 Å². The number of nitrogens with one attached hydrogen (secondary N) is 1. The van der Waals surface area contributed by atoms with Gasteiger partial charge in [0, 0.05) is 18.8 Å². The van der Waals surface area contributed by atoms with Gasteiger partial charge in [-0.1, -0.05) is 13.8 Å². The zero-order valence-electron chi connectivity index (χ0n) is 12.1. The molecule has 5 heteroatoms. The normalized spacial score (nSPS) is 22.2. The summed E-state index contributed by atoms with van der Waals surface area (Å²) >= 11 is 5.52. The van der Waals surface area contributed by atoms with Crippen molar-refractivity contribution in [3.05, 3.63) is 23.2 Å². The molecule has 3 rings (SSSR count). The van der Waals surface area contributed by atoms with Gasteiger partial charge in [0.05, 0.1) is 22.8 Å². The lowest BCUT2D eigenvalue weighted by Gasteiger charge is -2.40. The predicted molar refractivity (Wildman–Crippen MR) is 82.5 cm³/mol. The number of aromatic nitrogens is 3. The van der Waals surface area contributed by atoms with Crippen molar-refractivity contribution in [2.24, 2.45) is 0 Å². The van der Waals surface area contributed by atoms with Crippen LogP contribution in [0.4, 0.5) is 0 Å². The third-order valence-corrected chi connectivity index (χ3v) is 4.94. The minimum absolute atomic E-state index is 0.00825. The number of fused-ring (bicyclic) bond motifs is 1. The quantitative estimate of drug-likeness (QED) is 0.869. The number of hydrogen-bond acceptors (Lipinski definition) is 3. The summed E-state index contributed by atoms with van der Waals surface area (Å²) in [5, 5.41) is 0. The fourth-order valence-electron chi connectivity index (χ4n) is 3.31. The van der Waals surface area contributed by atoms with Gasteiger partial charge in [-0.15, -0.1) is 0 Å². The SMILES string of the molecule is CCC1(CC)CC(n2c(=S)[nH]c3cnccc32)CCO1. The molecule has 108 valence electrons. The number of hydrogen-bond donors (Lipinski definition) is 1. The Morgan fingerprint density at radius 1 is 1.50 bits per heavy atom. The summed E-state index contributed by atoms with van der Waals surface area (Å²) < 4.78 is 9.13. The fourth-order valence-corrected chi connectivity index (χ4v) is 3.66. The van der Waals surface area contributed by atoms with E-state index in [1.54, 1.807) is 0 Å². The van der Waals surface area contributed by atoms with E-state index in [4.69, 9.17) is 17.0 Å². The van der Waals surface area contributed by atoms with Crippen LogP contribution in [0.1, 0.15) is 45.6 Å². The van der Waals surface area contributed by atoms with Gasteiger partial charge in [0.1, 0.15) is 0 Å². The van der Waals surface area contributed by atoms with Crippen LogP contribution in [0.3, 0.4) is 0 Å². The molecule has 1 fully saturated rings. The van der Waals surface area contributed by atoms with Crippen LogP contribution in [0, 0.1) is 4.77 Å². The Labute approximate surface area is 124 Å². The Balaban J connectivity index is 2.03. The molecule has 0 bridgehead atoms. The number of imidazole rings is 1. The maximum absolute atomic E-state index is 6.07. The van der Waals surface area contributed by atoms with Gasteiger partial charge in [0.2, 0.25) is 0 Å². The largest absolute Gasteiger partial charge is 0.375 e. The summed E-state index contributed by atoms with van der Waals surface area (Å²) in [7, 11) is 0. The molecule has 4 nitrogen and oxygen atoms in total. The number of ether oxygens (including phenoxy) is 1. The second-order valence-corrected chi connectivity index (χ2v) is 5.96. The highest BCUT2D eigenvalue weighted by Gasteiger charge is 2.35. The zero-order valence-corrected chi connectivity index (χ0v) is 12.9. The van der Waals surface area contributed by atoms with Gasteiger partial charge in [-0.3, -0.25) is 4.98 Å².